The molecule has 0 atom stereocenters. The van der Waals surface area contributed by atoms with Crippen LogP contribution >= 0.6 is 0 Å². The number of nitrogens with one attached hydrogen (secondary N) is 1. The molecule has 140 valence electrons. The van der Waals surface area contributed by atoms with E-state index in [-0.39, 0.29) is 5.56 Å². The van der Waals surface area contributed by atoms with Crippen LogP contribution in [0.2, 0.25) is 0 Å². The third kappa shape index (κ3) is 2.90. The first-order valence-corrected chi connectivity index (χ1v) is 9.37. The Hall–Kier alpha value is -3.32. The van der Waals surface area contributed by atoms with Crippen LogP contribution in [0.5, 0.6) is 0 Å². The van der Waals surface area contributed by atoms with Gasteiger partial charge in [-0.2, -0.15) is 0 Å². The Balaban J connectivity index is 1.43. The zero-order chi connectivity index (χ0) is 19.1. The van der Waals surface area contributed by atoms with Gasteiger partial charge in [-0.15, -0.1) is 0 Å². The molecule has 1 aliphatic rings. The van der Waals surface area contributed by atoms with Crippen molar-refractivity contribution in [2.24, 2.45) is 0 Å². The number of nitrogens with zero attached hydrogens (tertiary/aromatic N) is 5. The van der Waals surface area contributed by atoms with Crippen LogP contribution in [0.3, 0.4) is 0 Å². The van der Waals surface area contributed by atoms with E-state index in [2.05, 4.69) is 30.3 Å². The maximum Gasteiger partial charge on any atom is 0.255 e. The molecule has 0 spiro atoms. The molecule has 0 aliphatic carbocycles. The quantitative estimate of drug-likeness (QED) is 0.597. The highest BCUT2D eigenvalue weighted by Gasteiger charge is 2.23. The predicted molar refractivity (Wildman–Crippen MR) is 106 cm³/mol. The summed E-state index contributed by atoms with van der Waals surface area (Å²) in [6.45, 7) is 4.14. The molecule has 0 unspecified atom stereocenters. The molecule has 7 heteroatoms. The number of imidazole rings is 1. The van der Waals surface area contributed by atoms with Crippen molar-refractivity contribution in [1.82, 2.24) is 29.2 Å². The third-order valence-electron chi connectivity index (χ3n) is 5.23. The topological polar surface area (TPSA) is 79.2 Å². The lowest BCUT2D eigenvalue weighted by Gasteiger charge is -2.27. The first-order valence-electron chi connectivity index (χ1n) is 9.37. The van der Waals surface area contributed by atoms with E-state index in [9.17, 15) is 4.79 Å². The van der Waals surface area contributed by atoms with E-state index in [0.717, 1.165) is 41.3 Å². The van der Waals surface area contributed by atoms with E-state index >= 15 is 0 Å². The second-order valence-corrected chi connectivity index (χ2v) is 7.08. The molecule has 0 saturated carbocycles. The number of aromatic nitrogens is 5. The summed E-state index contributed by atoms with van der Waals surface area (Å²) in [5, 5.41) is 0. The van der Waals surface area contributed by atoms with Crippen molar-refractivity contribution in [2.75, 3.05) is 6.54 Å². The van der Waals surface area contributed by atoms with Crippen LogP contribution < -0.4 is 5.56 Å². The highest BCUT2D eigenvalue weighted by molar-refractivity contribution is 5.53. The lowest BCUT2D eigenvalue weighted by molar-refractivity contribution is 0.240. The van der Waals surface area contributed by atoms with Crippen molar-refractivity contribution in [1.29, 1.82) is 0 Å². The van der Waals surface area contributed by atoms with Crippen molar-refractivity contribution in [3.63, 3.8) is 0 Å². The van der Waals surface area contributed by atoms with Gasteiger partial charge in [-0.05, 0) is 31.2 Å². The molecule has 7 nitrogen and oxygen atoms in total. The molecular weight excluding hydrogens is 352 g/mol. The zero-order valence-corrected chi connectivity index (χ0v) is 15.6. The Morgan fingerprint density at radius 3 is 2.89 bits per heavy atom. The van der Waals surface area contributed by atoms with Gasteiger partial charge >= 0.3 is 0 Å². The molecule has 5 rings (SSSR count). The number of H-pyrrole nitrogens is 1. The summed E-state index contributed by atoms with van der Waals surface area (Å²) >= 11 is 0. The van der Waals surface area contributed by atoms with Gasteiger partial charge in [-0.3, -0.25) is 14.7 Å². The molecule has 0 fully saturated rings. The van der Waals surface area contributed by atoms with Crippen LogP contribution in [0.1, 0.15) is 22.8 Å². The Labute approximate surface area is 161 Å². The van der Waals surface area contributed by atoms with E-state index in [0.29, 0.717) is 24.6 Å². The maximum atomic E-state index is 12.7. The van der Waals surface area contributed by atoms with Crippen LogP contribution in [0, 0.1) is 6.92 Å². The second kappa shape index (κ2) is 6.69. The molecule has 0 saturated heterocycles. The van der Waals surface area contributed by atoms with Crippen LogP contribution in [-0.2, 0) is 19.5 Å². The predicted octanol–water partition coefficient (Wildman–Crippen LogP) is 2.35. The van der Waals surface area contributed by atoms with Gasteiger partial charge in [0.1, 0.15) is 11.5 Å². The van der Waals surface area contributed by atoms with Crippen molar-refractivity contribution in [3.8, 4) is 11.5 Å². The van der Waals surface area contributed by atoms with Crippen LogP contribution in [-0.4, -0.2) is 35.8 Å². The standard InChI is InChI=1S/C21H20N6O/c1-14-23-18(19-7-3-5-10-27(14)19)13-26-11-8-16-15(12-26)21(28)25-20(24-16)17-6-2-4-9-22-17/h2-7,9-10H,8,11-13H2,1H3,(H,24,25,28). The minimum absolute atomic E-state index is 0.0822. The van der Waals surface area contributed by atoms with Crippen molar-refractivity contribution < 1.29 is 0 Å². The number of fused-ring (bicyclic) bond motifs is 2. The summed E-state index contributed by atoms with van der Waals surface area (Å²) in [5.74, 6) is 1.51. The number of aryl methyl sites for hydroxylation is 1. The smallest absolute Gasteiger partial charge is 0.255 e. The normalized spacial score (nSPS) is 14.3. The van der Waals surface area contributed by atoms with Crippen molar-refractivity contribution >= 4 is 5.52 Å². The summed E-state index contributed by atoms with van der Waals surface area (Å²) in [6.07, 6.45) is 4.47. The SMILES string of the molecule is Cc1nc(CN2CCc3nc(-c4ccccn4)[nH]c(=O)c3C2)c2ccccn12. The summed E-state index contributed by atoms with van der Waals surface area (Å²) in [5.41, 5.74) is 4.36. The zero-order valence-electron chi connectivity index (χ0n) is 15.6. The number of rotatable bonds is 3. The molecule has 0 amide bonds. The fraction of sp³-hybridized carbons (Fsp3) is 0.238. The molecule has 0 radical (unpaired) electrons. The Morgan fingerprint density at radius 1 is 1.14 bits per heavy atom. The monoisotopic (exact) mass is 372 g/mol. The first kappa shape index (κ1) is 16.8. The van der Waals surface area contributed by atoms with Crippen molar-refractivity contribution in [3.05, 3.63) is 81.9 Å². The molecule has 1 N–H and O–H groups in total. The number of hydrogen-bond donors (Lipinski definition) is 1. The van der Waals surface area contributed by atoms with E-state index in [1.165, 1.54) is 0 Å². The molecule has 0 bridgehead atoms. The molecule has 1 aliphatic heterocycles. The van der Waals surface area contributed by atoms with Crippen LogP contribution in [0.4, 0.5) is 0 Å². The van der Waals surface area contributed by atoms with E-state index < -0.39 is 0 Å². The van der Waals surface area contributed by atoms with E-state index in [1.807, 2.05) is 43.5 Å². The number of aromatic amines is 1. The van der Waals surface area contributed by atoms with Gasteiger partial charge in [0.2, 0.25) is 0 Å². The summed E-state index contributed by atoms with van der Waals surface area (Å²) < 4.78 is 2.10. The molecule has 4 aromatic rings. The number of pyridine rings is 2. The largest absolute Gasteiger partial charge is 0.305 e. The van der Waals surface area contributed by atoms with Gasteiger partial charge in [0.25, 0.3) is 5.56 Å². The molecule has 4 aromatic heterocycles. The molecule has 5 heterocycles. The van der Waals surface area contributed by atoms with Gasteiger partial charge in [0.15, 0.2) is 5.82 Å². The van der Waals surface area contributed by atoms with E-state index in [1.54, 1.807) is 6.20 Å². The van der Waals surface area contributed by atoms with E-state index in [4.69, 9.17) is 4.98 Å². The third-order valence-corrected chi connectivity index (χ3v) is 5.23. The average Bonchev–Trinajstić information content (AvgIpc) is 3.05. The first-order chi connectivity index (χ1) is 13.7. The fourth-order valence-corrected chi connectivity index (χ4v) is 3.84. The Bertz CT molecular complexity index is 1210. The lowest BCUT2D eigenvalue weighted by Crippen LogP contribution is -2.35. The van der Waals surface area contributed by atoms with Gasteiger partial charge in [0, 0.05) is 38.4 Å². The van der Waals surface area contributed by atoms with Gasteiger partial charge in [-0.25, -0.2) is 9.97 Å². The summed E-state index contributed by atoms with van der Waals surface area (Å²) in [7, 11) is 0. The van der Waals surface area contributed by atoms with Crippen LogP contribution in [0.15, 0.2) is 53.6 Å². The highest BCUT2D eigenvalue weighted by atomic mass is 16.1. The van der Waals surface area contributed by atoms with Crippen molar-refractivity contribution in [2.45, 2.75) is 26.4 Å². The Kier molecular flexibility index (Phi) is 4.02. The highest BCUT2D eigenvalue weighted by Crippen LogP contribution is 2.21. The number of hydrogen-bond acceptors (Lipinski definition) is 5. The summed E-state index contributed by atoms with van der Waals surface area (Å²) in [6, 6.07) is 11.7. The summed E-state index contributed by atoms with van der Waals surface area (Å²) in [4.78, 5) is 31.5. The second-order valence-electron chi connectivity index (χ2n) is 7.08. The molecular formula is C21H20N6O. The van der Waals surface area contributed by atoms with Gasteiger partial charge in [-0.1, -0.05) is 12.1 Å². The fourth-order valence-electron chi connectivity index (χ4n) is 3.84. The minimum atomic E-state index is -0.0822. The maximum absolute atomic E-state index is 12.7. The lowest BCUT2D eigenvalue weighted by atomic mass is 10.1. The molecule has 0 aromatic carbocycles. The Morgan fingerprint density at radius 2 is 2.04 bits per heavy atom. The average molecular weight is 372 g/mol. The van der Waals surface area contributed by atoms with Crippen LogP contribution in [0.25, 0.3) is 17.0 Å². The van der Waals surface area contributed by atoms with Gasteiger partial charge < -0.3 is 9.38 Å². The van der Waals surface area contributed by atoms with Gasteiger partial charge in [0.05, 0.1) is 22.5 Å². The minimum Gasteiger partial charge on any atom is -0.305 e. The molecule has 28 heavy (non-hydrogen) atoms.